The molecule has 0 aliphatic rings. The fraction of sp³-hybridized carbons (Fsp3) is 0. The van der Waals surface area contributed by atoms with Crippen molar-refractivity contribution in [1.29, 1.82) is 0 Å². The van der Waals surface area contributed by atoms with E-state index in [0.717, 1.165) is 16.0 Å². The zero-order valence-corrected chi connectivity index (χ0v) is 15.5. The van der Waals surface area contributed by atoms with Crippen LogP contribution in [0.2, 0.25) is 0 Å². The number of aromatic hydroxyl groups is 1. The Morgan fingerprint density at radius 3 is 2.79 bits per heavy atom. The molecule has 0 aliphatic carbocycles. The van der Waals surface area contributed by atoms with E-state index in [4.69, 9.17) is 0 Å². The van der Waals surface area contributed by atoms with E-state index in [-0.39, 0.29) is 11.7 Å². The van der Waals surface area contributed by atoms with Gasteiger partial charge in [-0.15, -0.1) is 11.3 Å². The Labute approximate surface area is 164 Å². The standard InChI is InChI=1S/C21H16N4O2S/c26-19(9-10-22-21-23-11-12-28-21)14-5-7-15(8-6-14)24-13-17-16-3-1-2-4-18(16)25-20(17)27/h1-13,25,27H,(H,22,23). The summed E-state index contributed by atoms with van der Waals surface area (Å²) in [6, 6.07) is 14.6. The van der Waals surface area contributed by atoms with Crippen molar-refractivity contribution in [3.8, 4) is 5.88 Å². The highest BCUT2D eigenvalue weighted by molar-refractivity contribution is 7.13. The third-order valence-corrected chi connectivity index (χ3v) is 4.80. The number of fused-ring (bicyclic) bond motifs is 1. The number of anilines is 1. The predicted octanol–water partition coefficient (Wildman–Crippen LogP) is 4.89. The lowest BCUT2D eigenvalue weighted by Gasteiger charge is -1.98. The van der Waals surface area contributed by atoms with Crippen LogP contribution in [-0.2, 0) is 0 Å². The number of aromatic amines is 1. The first-order valence-corrected chi connectivity index (χ1v) is 9.39. The second-order valence-electron chi connectivity index (χ2n) is 5.92. The van der Waals surface area contributed by atoms with Crippen molar-refractivity contribution in [2.75, 3.05) is 5.32 Å². The Balaban J connectivity index is 1.45. The molecule has 2 heterocycles. The number of allylic oxidation sites excluding steroid dienone is 1. The van der Waals surface area contributed by atoms with Crippen LogP contribution in [0.3, 0.4) is 0 Å². The number of aromatic nitrogens is 2. The third-order valence-electron chi connectivity index (χ3n) is 4.09. The topological polar surface area (TPSA) is 90.4 Å². The predicted molar refractivity (Wildman–Crippen MR) is 113 cm³/mol. The van der Waals surface area contributed by atoms with Crippen LogP contribution < -0.4 is 5.32 Å². The maximum atomic E-state index is 12.2. The molecule has 4 aromatic rings. The molecule has 0 atom stereocenters. The number of hydrogen-bond donors (Lipinski definition) is 3. The summed E-state index contributed by atoms with van der Waals surface area (Å²) < 4.78 is 0. The number of aliphatic imine (C=N–C) groups is 1. The van der Waals surface area contributed by atoms with Gasteiger partial charge < -0.3 is 15.4 Å². The van der Waals surface area contributed by atoms with Gasteiger partial charge in [0.05, 0.1) is 11.3 Å². The molecule has 2 aromatic carbocycles. The Morgan fingerprint density at radius 1 is 1.18 bits per heavy atom. The lowest BCUT2D eigenvalue weighted by molar-refractivity contribution is 0.104. The quantitative estimate of drug-likeness (QED) is 0.249. The summed E-state index contributed by atoms with van der Waals surface area (Å²) in [5, 5.41) is 16.5. The average Bonchev–Trinajstić information content (AvgIpc) is 3.34. The van der Waals surface area contributed by atoms with Gasteiger partial charge in [0, 0.05) is 46.5 Å². The number of para-hydroxylation sites is 1. The van der Waals surface area contributed by atoms with Gasteiger partial charge in [0.1, 0.15) is 0 Å². The number of H-pyrrole nitrogens is 1. The normalized spacial score (nSPS) is 11.6. The molecule has 0 unspecified atom stereocenters. The number of thiazole rings is 1. The van der Waals surface area contributed by atoms with Crippen molar-refractivity contribution < 1.29 is 9.90 Å². The second kappa shape index (κ2) is 7.89. The van der Waals surface area contributed by atoms with Crippen molar-refractivity contribution in [1.82, 2.24) is 9.97 Å². The lowest BCUT2D eigenvalue weighted by Crippen LogP contribution is -1.95. The minimum Gasteiger partial charge on any atom is -0.494 e. The number of benzene rings is 2. The molecule has 0 fully saturated rings. The smallest absolute Gasteiger partial charge is 0.198 e. The van der Waals surface area contributed by atoms with E-state index in [1.165, 1.54) is 17.4 Å². The maximum absolute atomic E-state index is 12.2. The van der Waals surface area contributed by atoms with Crippen LogP contribution in [0.1, 0.15) is 15.9 Å². The minimum atomic E-state index is -0.117. The number of nitrogens with one attached hydrogen (secondary N) is 2. The number of carbonyl (C=O) groups excluding carboxylic acids is 1. The summed E-state index contributed by atoms with van der Waals surface area (Å²) in [4.78, 5) is 23.6. The van der Waals surface area contributed by atoms with Gasteiger partial charge in [0.2, 0.25) is 0 Å². The van der Waals surface area contributed by atoms with Crippen LogP contribution in [0.5, 0.6) is 5.88 Å². The van der Waals surface area contributed by atoms with Crippen LogP contribution in [0.25, 0.3) is 10.9 Å². The van der Waals surface area contributed by atoms with Gasteiger partial charge in [-0.05, 0) is 30.3 Å². The number of ketones is 1. The first-order valence-electron chi connectivity index (χ1n) is 8.51. The second-order valence-corrected chi connectivity index (χ2v) is 6.81. The van der Waals surface area contributed by atoms with Gasteiger partial charge in [0.15, 0.2) is 16.8 Å². The number of carbonyl (C=O) groups is 1. The molecule has 0 amide bonds. The molecule has 0 spiro atoms. The fourth-order valence-corrected chi connectivity index (χ4v) is 3.22. The summed E-state index contributed by atoms with van der Waals surface area (Å²) >= 11 is 1.46. The van der Waals surface area contributed by atoms with E-state index < -0.39 is 0 Å². The van der Waals surface area contributed by atoms with Crippen molar-refractivity contribution in [3.63, 3.8) is 0 Å². The highest BCUT2D eigenvalue weighted by Crippen LogP contribution is 2.26. The number of rotatable bonds is 6. The van der Waals surface area contributed by atoms with Crippen molar-refractivity contribution in [2.24, 2.45) is 4.99 Å². The number of hydrogen-bond acceptors (Lipinski definition) is 6. The van der Waals surface area contributed by atoms with E-state index in [1.807, 2.05) is 29.6 Å². The van der Waals surface area contributed by atoms with Gasteiger partial charge in [-0.25, -0.2) is 4.98 Å². The Morgan fingerprint density at radius 2 is 2.00 bits per heavy atom. The summed E-state index contributed by atoms with van der Waals surface area (Å²) in [6.45, 7) is 0. The average molecular weight is 388 g/mol. The van der Waals surface area contributed by atoms with Gasteiger partial charge in [0.25, 0.3) is 0 Å². The molecule has 0 saturated heterocycles. The van der Waals surface area contributed by atoms with E-state index in [1.54, 1.807) is 42.9 Å². The van der Waals surface area contributed by atoms with Gasteiger partial charge in [-0.1, -0.05) is 18.2 Å². The molecule has 0 aliphatic heterocycles. The molecular formula is C21H16N4O2S. The van der Waals surface area contributed by atoms with Crippen molar-refractivity contribution in [2.45, 2.75) is 0 Å². The van der Waals surface area contributed by atoms with Crippen LogP contribution in [0, 0.1) is 0 Å². The first kappa shape index (κ1) is 17.7. The molecule has 4 rings (SSSR count). The largest absolute Gasteiger partial charge is 0.494 e. The van der Waals surface area contributed by atoms with Crippen LogP contribution in [0.4, 0.5) is 10.8 Å². The highest BCUT2D eigenvalue weighted by atomic mass is 32.1. The van der Waals surface area contributed by atoms with E-state index in [2.05, 4.69) is 20.3 Å². The SMILES string of the molecule is O=C(C=CNc1nccs1)c1ccc(N=Cc2c(O)[nH]c3ccccc23)cc1. The fourth-order valence-electron chi connectivity index (χ4n) is 2.71. The monoisotopic (exact) mass is 388 g/mol. The summed E-state index contributed by atoms with van der Waals surface area (Å²) in [6.07, 6.45) is 6.34. The molecule has 6 nitrogen and oxygen atoms in total. The van der Waals surface area contributed by atoms with E-state index in [0.29, 0.717) is 16.8 Å². The molecule has 0 bridgehead atoms. The molecule has 138 valence electrons. The molecule has 3 N–H and O–H groups in total. The Hall–Kier alpha value is -3.71. The zero-order chi connectivity index (χ0) is 19.3. The first-order chi connectivity index (χ1) is 13.7. The summed E-state index contributed by atoms with van der Waals surface area (Å²) in [7, 11) is 0. The van der Waals surface area contributed by atoms with Crippen LogP contribution in [-0.4, -0.2) is 27.1 Å². The van der Waals surface area contributed by atoms with Crippen molar-refractivity contribution >= 4 is 45.1 Å². The summed E-state index contributed by atoms with van der Waals surface area (Å²) in [5.74, 6) is -0.0384. The van der Waals surface area contributed by atoms with Crippen LogP contribution in [0.15, 0.2) is 77.4 Å². The number of nitrogens with zero attached hydrogens (tertiary/aromatic N) is 2. The summed E-state index contributed by atoms with van der Waals surface area (Å²) in [5.41, 5.74) is 2.73. The molecule has 0 saturated carbocycles. The Bertz CT molecular complexity index is 1160. The highest BCUT2D eigenvalue weighted by Gasteiger charge is 2.08. The maximum Gasteiger partial charge on any atom is 0.198 e. The molecular weight excluding hydrogens is 372 g/mol. The van der Waals surface area contributed by atoms with E-state index >= 15 is 0 Å². The Kier molecular flexibility index (Phi) is 4.99. The lowest BCUT2D eigenvalue weighted by atomic mass is 10.1. The molecule has 2 aromatic heterocycles. The minimum absolute atomic E-state index is 0.0783. The van der Waals surface area contributed by atoms with Crippen molar-refractivity contribution in [3.05, 3.63) is 83.5 Å². The van der Waals surface area contributed by atoms with E-state index in [9.17, 15) is 9.90 Å². The van der Waals surface area contributed by atoms with Crippen LogP contribution >= 0.6 is 11.3 Å². The van der Waals surface area contributed by atoms with Gasteiger partial charge in [-0.3, -0.25) is 9.79 Å². The third kappa shape index (κ3) is 3.84. The molecule has 7 heteroatoms. The zero-order valence-electron chi connectivity index (χ0n) is 14.7. The molecule has 28 heavy (non-hydrogen) atoms. The molecule has 0 radical (unpaired) electrons. The van der Waals surface area contributed by atoms with Gasteiger partial charge in [-0.2, -0.15) is 0 Å². The van der Waals surface area contributed by atoms with Gasteiger partial charge >= 0.3 is 0 Å².